The molecule has 0 atom stereocenters. The molecule has 2 fully saturated rings. The average molecular weight is 614 g/mol. The van der Waals surface area contributed by atoms with Gasteiger partial charge in [0.15, 0.2) is 0 Å². The van der Waals surface area contributed by atoms with Crippen LogP contribution < -0.4 is 4.90 Å². The lowest BCUT2D eigenvalue weighted by Gasteiger charge is -2.33. The average Bonchev–Trinajstić information content (AvgIpc) is 2.94. The summed E-state index contributed by atoms with van der Waals surface area (Å²) in [5.74, 6) is 0.316. The zero-order chi connectivity index (χ0) is 27.4. The normalized spacial score (nSPS) is 17.8. The Balaban J connectivity index is 1.21. The molecule has 39 heavy (non-hydrogen) atoms. The SMILES string of the molecule is O=C(O)c1cnc(N2CCC(Cc3ccccc3)CC2)nc1CC1CCN(S(=O)(=O)c2ccc(Br)cc2)CC1. The van der Waals surface area contributed by atoms with Crippen LogP contribution in [-0.2, 0) is 22.9 Å². The van der Waals surface area contributed by atoms with Crippen molar-refractivity contribution >= 4 is 37.9 Å². The molecule has 8 nitrogen and oxygen atoms in total. The summed E-state index contributed by atoms with van der Waals surface area (Å²) in [6.07, 6.45) is 6.38. The molecular weight excluding hydrogens is 580 g/mol. The number of carbonyl (C=O) groups is 1. The van der Waals surface area contributed by atoms with Crippen LogP contribution in [0.5, 0.6) is 0 Å². The summed E-state index contributed by atoms with van der Waals surface area (Å²) in [4.78, 5) is 23.5. The Kier molecular flexibility index (Phi) is 8.64. The second kappa shape index (κ2) is 12.1. The molecule has 5 rings (SSSR count). The first-order chi connectivity index (χ1) is 18.8. The topological polar surface area (TPSA) is 104 Å². The number of sulfonamides is 1. The van der Waals surface area contributed by atoms with E-state index in [0.717, 1.165) is 36.8 Å². The summed E-state index contributed by atoms with van der Waals surface area (Å²) < 4.78 is 28.5. The number of piperidine rings is 2. The van der Waals surface area contributed by atoms with Crippen LogP contribution in [-0.4, -0.2) is 59.9 Å². The van der Waals surface area contributed by atoms with Gasteiger partial charge in [0.25, 0.3) is 0 Å². The molecule has 0 spiro atoms. The Morgan fingerprint density at radius 3 is 2.15 bits per heavy atom. The lowest BCUT2D eigenvalue weighted by Crippen LogP contribution is -2.39. The highest BCUT2D eigenvalue weighted by Gasteiger charge is 2.31. The molecule has 0 bridgehead atoms. The van der Waals surface area contributed by atoms with E-state index < -0.39 is 16.0 Å². The van der Waals surface area contributed by atoms with Gasteiger partial charge in [-0.1, -0.05) is 46.3 Å². The van der Waals surface area contributed by atoms with Crippen molar-refractivity contribution in [1.82, 2.24) is 14.3 Å². The highest BCUT2D eigenvalue weighted by atomic mass is 79.9. The van der Waals surface area contributed by atoms with Crippen molar-refractivity contribution < 1.29 is 18.3 Å². The standard InChI is InChI=1S/C29H33BrN4O4S/c30-24-6-8-25(9-7-24)39(37,38)34-16-12-23(13-17-34)19-27-26(28(35)36)20-31-29(32-27)33-14-10-22(11-15-33)18-21-4-2-1-3-5-21/h1-9,20,22-23H,10-19H2,(H,35,36). The van der Waals surface area contributed by atoms with Crippen molar-refractivity contribution in [1.29, 1.82) is 0 Å². The third-order valence-corrected chi connectivity index (χ3v) is 10.3. The van der Waals surface area contributed by atoms with Gasteiger partial charge in [-0.2, -0.15) is 4.31 Å². The van der Waals surface area contributed by atoms with Gasteiger partial charge < -0.3 is 10.0 Å². The number of hydrogen-bond donors (Lipinski definition) is 1. The predicted molar refractivity (Wildman–Crippen MR) is 153 cm³/mol. The van der Waals surface area contributed by atoms with Crippen LogP contribution in [0.4, 0.5) is 5.95 Å². The van der Waals surface area contributed by atoms with E-state index >= 15 is 0 Å². The lowest BCUT2D eigenvalue weighted by atomic mass is 9.90. The van der Waals surface area contributed by atoms with Crippen LogP contribution >= 0.6 is 15.9 Å². The number of carboxylic acids is 1. The Morgan fingerprint density at radius 1 is 0.897 bits per heavy atom. The molecule has 206 valence electrons. The third-order valence-electron chi connectivity index (χ3n) is 7.86. The molecule has 0 unspecified atom stereocenters. The predicted octanol–water partition coefficient (Wildman–Crippen LogP) is 5.04. The first kappa shape index (κ1) is 27.7. The number of hydrogen-bond acceptors (Lipinski definition) is 6. The fraction of sp³-hybridized carbons (Fsp3) is 0.414. The second-order valence-electron chi connectivity index (χ2n) is 10.5. The summed E-state index contributed by atoms with van der Waals surface area (Å²) in [7, 11) is -3.56. The van der Waals surface area contributed by atoms with E-state index in [1.165, 1.54) is 16.1 Å². The summed E-state index contributed by atoms with van der Waals surface area (Å²) in [6, 6.07) is 17.2. The van der Waals surface area contributed by atoms with Crippen molar-refractivity contribution in [2.75, 3.05) is 31.1 Å². The van der Waals surface area contributed by atoms with Gasteiger partial charge in [0.05, 0.1) is 16.2 Å². The number of benzene rings is 2. The van der Waals surface area contributed by atoms with Crippen molar-refractivity contribution in [2.24, 2.45) is 11.8 Å². The van der Waals surface area contributed by atoms with Gasteiger partial charge in [-0.15, -0.1) is 0 Å². The third kappa shape index (κ3) is 6.67. The van der Waals surface area contributed by atoms with E-state index in [9.17, 15) is 18.3 Å². The van der Waals surface area contributed by atoms with Crippen molar-refractivity contribution in [2.45, 2.75) is 43.4 Å². The molecule has 10 heteroatoms. The zero-order valence-electron chi connectivity index (χ0n) is 21.7. The maximum absolute atomic E-state index is 13.1. The minimum absolute atomic E-state index is 0.127. The van der Waals surface area contributed by atoms with Crippen LogP contribution in [0.3, 0.4) is 0 Å². The molecular formula is C29H33BrN4O4S. The van der Waals surface area contributed by atoms with Gasteiger partial charge in [0, 0.05) is 36.8 Å². The Morgan fingerprint density at radius 2 is 1.51 bits per heavy atom. The Hall–Kier alpha value is -2.82. The minimum atomic E-state index is -3.56. The summed E-state index contributed by atoms with van der Waals surface area (Å²) in [5, 5.41) is 9.78. The Bertz CT molecular complexity index is 1390. The molecule has 2 aromatic carbocycles. The van der Waals surface area contributed by atoms with Gasteiger partial charge in [0.1, 0.15) is 0 Å². The molecule has 3 heterocycles. The zero-order valence-corrected chi connectivity index (χ0v) is 24.1. The summed E-state index contributed by atoms with van der Waals surface area (Å²) >= 11 is 3.34. The number of nitrogens with zero attached hydrogens (tertiary/aromatic N) is 4. The van der Waals surface area contributed by atoms with Crippen LogP contribution in [0.2, 0.25) is 0 Å². The van der Waals surface area contributed by atoms with Crippen molar-refractivity contribution in [3.63, 3.8) is 0 Å². The number of aromatic nitrogens is 2. The largest absolute Gasteiger partial charge is 0.478 e. The monoisotopic (exact) mass is 612 g/mol. The molecule has 0 amide bonds. The number of aromatic carboxylic acids is 1. The maximum atomic E-state index is 13.1. The molecule has 2 aliphatic rings. The van der Waals surface area contributed by atoms with Crippen LogP contribution in [0.1, 0.15) is 47.3 Å². The second-order valence-corrected chi connectivity index (χ2v) is 13.3. The van der Waals surface area contributed by atoms with E-state index in [-0.39, 0.29) is 16.4 Å². The van der Waals surface area contributed by atoms with Gasteiger partial charge in [-0.05, 0) is 80.2 Å². The maximum Gasteiger partial charge on any atom is 0.339 e. The van der Waals surface area contributed by atoms with Gasteiger partial charge in [-0.25, -0.2) is 23.2 Å². The van der Waals surface area contributed by atoms with E-state index in [2.05, 4.69) is 50.1 Å². The van der Waals surface area contributed by atoms with E-state index in [1.807, 2.05) is 6.07 Å². The fourth-order valence-electron chi connectivity index (χ4n) is 5.56. The number of carboxylic acid groups (broad SMARTS) is 1. The Labute approximate surface area is 238 Å². The van der Waals surface area contributed by atoms with Crippen LogP contribution in [0, 0.1) is 11.8 Å². The first-order valence-electron chi connectivity index (χ1n) is 13.4. The fourth-order valence-corrected chi connectivity index (χ4v) is 7.29. The quantitative estimate of drug-likeness (QED) is 0.380. The number of anilines is 1. The number of rotatable bonds is 8. The van der Waals surface area contributed by atoms with E-state index in [4.69, 9.17) is 4.98 Å². The molecule has 2 saturated heterocycles. The van der Waals surface area contributed by atoms with Crippen LogP contribution in [0.15, 0.2) is 70.2 Å². The minimum Gasteiger partial charge on any atom is -0.478 e. The molecule has 3 aromatic rings. The molecule has 1 N–H and O–H groups in total. The molecule has 1 aromatic heterocycles. The molecule has 0 radical (unpaired) electrons. The first-order valence-corrected chi connectivity index (χ1v) is 15.7. The molecule has 0 saturated carbocycles. The molecule has 0 aliphatic carbocycles. The van der Waals surface area contributed by atoms with Crippen molar-refractivity contribution in [3.05, 3.63) is 82.1 Å². The highest BCUT2D eigenvalue weighted by Crippen LogP contribution is 2.29. The molecule has 2 aliphatic heterocycles. The number of halogens is 1. The van der Waals surface area contributed by atoms with Crippen LogP contribution in [0.25, 0.3) is 0 Å². The van der Waals surface area contributed by atoms with Crippen molar-refractivity contribution in [3.8, 4) is 0 Å². The van der Waals surface area contributed by atoms with Gasteiger partial charge >= 0.3 is 5.97 Å². The summed E-state index contributed by atoms with van der Waals surface area (Å²) in [5.41, 5.74) is 2.02. The van der Waals surface area contributed by atoms with E-state index in [0.29, 0.717) is 49.9 Å². The highest BCUT2D eigenvalue weighted by molar-refractivity contribution is 9.10. The summed E-state index contributed by atoms with van der Waals surface area (Å²) in [6.45, 7) is 2.49. The smallest absolute Gasteiger partial charge is 0.339 e. The van der Waals surface area contributed by atoms with E-state index in [1.54, 1.807) is 24.3 Å². The lowest BCUT2D eigenvalue weighted by molar-refractivity contribution is 0.0694. The van der Waals surface area contributed by atoms with Gasteiger partial charge in [-0.3, -0.25) is 0 Å². The van der Waals surface area contributed by atoms with Gasteiger partial charge in [0.2, 0.25) is 16.0 Å².